The Balaban J connectivity index is 3.99. The van der Waals surface area contributed by atoms with Crippen molar-refractivity contribution < 1.29 is 92.1 Å². The van der Waals surface area contributed by atoms with Crippen LogP contribution in [0.3, 0.4) is 0 Å². The van der Waals surface area contributed by atoms with Crippen molar-refractivity contribution in [2.24, 2.45) is 11.8 Å². The van der Waals surface area contributed by atoms with E-state index in [9.17, 15) is 68.1 Å². The predicted molar refractivity (Wildman–Crippen MR) is 303 cm³/mol. The van der Waals surface area contributed by atoms with Crippen molar-refractivity contribution in [1.29, 1.82) is 0 Å². The van der Waals surface area contributed by atoms with Crippen LogP contribution < -0.4 is 21.3 Å². The quantitative estimate of drug-likeness (QED) is 0.0273. The lowest BCUT2D eigenvalue weighted by molar-refractivity contribution is -0.145. The second kappa shape index (κ2) is 50.6. The summed E-state index contributed by atoms with van der Waals surface area (Å²) in [5.74, 6) is -8.44. The van der Waals surface area contributed by atoms with E-state index in [2.05, 4.69) is 30.7 Å². The number of rotatable bonds is 57. The summed E-state index contributed by atoms with van der Waals surface area (Å²) < 4.78 is 22.9. The minimum Gasteiger partial charge on any atom is -0.481 e. The molecule has 0 saturated carbocycles. The Hall–Kier alpha value is -5.16. The van der Waals surface area contributed by atoms with Crippen molar-refractivity contribution >= 4 is 74.4 Å². The zero-order valence-corrected chi connectivity index (χ0v) is 49.5. The van der Waals surface area contributed by atoms with Crippen LogP contribution in [0.4, 0.5) is 0 Å². The number of hydrogen-bond acceptors (Lipinski definition) is 15. The molecule has 0 aliphatic carbocycles. The van der Waals surface area contributed by atoms with Crippen molar-refractivity contribution in [3.8, 4) is 0 Å². The first kappa shape index (κ1) is 75.8. The predicted octanol–water partition coefficient (Wildman–Crippen LogP) is 5.55. The Bertz CT molecular complexity index is 1840. The number of Topliss-reactive ketones (excluding diaryl/α,β-unsaturated/α-hetero) is 2. The second-order valence-corrected chi connectivity index (χ2v) is 21.2. The number of ketones is 2. The van der Waals surface area contributed by atoms with Gasteiger partial charge in [0.1, 0.15) is 31.1 Å². The van der Waals surface area contributed by atoms with Crippen LogP contribution in [0, 0.1) is 11.8 Å². The van der Waals surface area contributed by atoms with E-state index in [-0.39, 0.29) is 134 Å². The Morgan fingerprint density at radius 1 is 0.420 bits per heavy atom. The number of carboxylic acids is 4. The molecule has 25 heteroatoms. The smallest absolute Gasteiger partial charge is 0.326 e. The van der Waals surface area contributed by atoms with Crippen LogP contribution in [0.2, 0.25) is 0 Å². The molecule has 0 aliphatic heterocycles. The van der Waals surface area contributed by atoms with E-state index in [1.165, 1.54) is 36.8 Å². The van der Waals surface area contributed by atoms with Crippen molar-refractivity contribution in [3.63, 3.8) is 0 Å². The SMILES string of the molecule is CC[C@@H](CCCCNC(=O)CC[C@H](NC(=O)CC[C@H](CC(=O)COCCOCCNC(=O)COCCOCCCC(=O)CC[C@H](NC(=O)CCCCCCCCCCCCCCCCC(=O)O)C(=O)O)C(=O)O)C(=O)O)C(=O)N(C)P. The lowest BCUT2D eigenvalue weighted by Crippen LogP contribution is -2.42. The maximum absolute atomic E-state index is 12.5. The Labute approximate surface area is 481 Å². The van der Waals surface area contributed by atoms with E-state index >= 15 is 0 Å². The minimum absolute atomic E-state index is 0.0000722. The lowest BCUT2D eigenvalue weighted by atomic mass is 9.97. The van der Waals surface area contributed by atoms with Crippen LogP contribution in [0.15, 0.2) is 0 Å². The highest BCUT2D eigenvalue weighted by atomic mass is 31.0. The number of unbranched alkanes of at least 4 members (excludes halogenated alkanes) is 14. The van der Waals surface area contributed by atoms with Gasteiger partial charge in [0.25, 0.3) is 0 Å². The average molecular weight is 1180 g/mol. The van der Waals surface area contributed by atoms with Crippen LogP contribution in [0.25, 0.3) is 0 Å². The summed E-state index contributed by atoms with van der Waals surface area (Å²) in [4.78, 5) is 132. The molecule has 24 nitrogen and oxygen atoms in total. The van der Waals surface area contributed by atoms with E-state index < -0.39 is 78.4 Å². The fourth-order valence-corrected chi connectivity index (χ4v) is 8.70. The molecule has 0 heterocycles. The van der Waals surface area contributed by atoms with Gasteiger partial charge in [0.15, 0.2) is 5.78 Å². The summed E-state index contributed by atoms with van der Waals surface area (Å²) in [6.45, 7) is 2.58. The molecule has 1 unspecified atom stereocenters. The highest BCUT2D eigenvalue weighted by molar-refractivity contribution is 7.14. The molecule has 0 spiro atoms. The molecule has 5 atom stereocenters. The first-order valence-corrected chi connectivity index (χ1v) is 29.7. The van der Waals surface area contributed by atoms with E-state index in [1.807, 2.05) is 6.92 Å². The molecule has 0 aromatic carbocycles. The molecule has 0 aromatic rings. The van der Waals surface area contributed by atoms with Gasteiger partial charge in [-0.15, -0.1) is 0 Å². The van der Waals surface area contributed by atoms with Crippen LogP contribution in [-0.4, -0.2) is 175 Å². The Morgan fingerprint density at radius 2 is 0.901 bits per heavy atom. The average Bonchev–Trinajstić information content (AvgIpc) is 3.41. The van der Waals surface area contributed by atoms with Gasteiger partial charge in [0, 0.05) is 77.6 Å². The molecule has 0 bridgehead atoms. The molecular weight excluding hydrogens is 1080 g/mol. The van der Waals surface area contributed by atoms with Gasteiger partial charge < -0.3 is 65.3 Å². The molecule has 0 radical (unpaired) electrons. The monoisotopic (exact) mass is 1180 g/mol. The standard InChI is InChI=1S/C56H98N5O19P/c1-3-42(53(70)61(2)81)21-18-19-31-57-48(64)30-28-47(56(75)76)60-50(66)29-25-43(54(71)72)39-45(63)40-79-37-36-78-34-32-58-51(67)41-80-38-35-77-33-20-22-44(62)26-27-46(55(73)74)59-49(65)23-16-14-12-10-8-6-4-5-7-9-11-13-15-17-24-52(68)69/h42-43,46-47H,3-41,81H2,1-2H3,(H,57,64)(H,58,67)(H,59,65)(H,60,66)(H,68,69)(H,71,72)(H,73,74)(H,75,76)/t42-,43+,46-,47-/m0/s1. The number of amides is 5. The molecule has 466 valence electrons. The van der Waals surface area contributed by atoms with Gasteiger partial charge >= 0.3 is 23.9 Å². The van der Waals surface area contributed by atoms with Crippen molar-refractivity contribution in [1.82, 2.24) is 25.9 Å². The van der Waals surface area contributed by atoms with E-state index in [0.29, 0.717) is 45.1 Å². The second-order valence-electron chi connectivity index (χ2n) is 20.4. The number of carbonyl (C=O) groups is 11. The van der Waals surface area contributed by atoms with Gasteiger partial charge in [-0.3, -0.25) is 43.2 Å². The van der Waals surface area contributed by atoms with Gasteiger partial charge in [0.2, 0.25) is 29.5 Å². The van der Waals surface area contributed by atoms with E-state index in [0.717, 1.165) is 51.4 Å². The summed E-state index contributed by atoms with van der Waals surface area (Å²) in [5, 5.41) is 47.6. The number of carboxylic acid groups (broad SMARTS) is 4. The number of carbonyl (C=O) groups excluding carboxylic acids is 7. The van der Waals surface area contributed by atoms with Gasteiger partial charge in [-0.2, -0.15) is 0 Å². The first-order chi connectivity index (χ1) is 38.8. The third-order valence-electron chi connectivity index (χ3n) is 13.3. The van der Waals surface area contributed by atoms with Gasteiger partial charge in [-0.25, -0.2) is 9.59 Å². The maximum atomic E-state index is 12.5. The van der Waals surface area contributed by atoms with Gasteiger partial charge in [-0.05, 0) is 67.2 Å². The van der Waals surface area contributed by atoms with Crippen molar-refractivity contribution in [2.45, 2.75) is 205 Å². The highest BCUT2D eigenvalue weighted by Gasteiger charge is 2.26. The Kier molecular flexibility index (Phi) is 47.3. The zero-order chi connectivity index (χ0) is 60.5. The first-order valence-electron chi connectivity index (χ1n) is 29.2. The summed E-state index contributed by atoms with van der Waals surface area (Å²) >= 11 is 0. The third-order valence-corrected chi connectivity index (χ3v) is 13.5. The zero-order valence-electron chi connectivity index (χ0n) is 48.3. The van der Waals surface area contributed by atoms with Crippen molar-refractivity contribution in [3.05, 3.63) is 0 Å². The third kappa shape index (κ3) is 46.1. The number of aliphatic carboxylic acids is 4. The van der Waals surface area contributed by atoms with Crippen LogP contribution in [-0.2, 0) is 71.7 Å². The largest absolute Gasteiger partial charge is 0.481 e. The number of hydrogen-bond donors (Lipinski definition) is 8. The van der Waals surface area contributed by atoms with Crippen LogP contribution >= 0.6 is 9.39 Å². The molecule has 8 N–H and O–H groups in total. The summed E-state index contributed by atoms with van der Waals surface area (Å²) in [5.41, 5.74) is 0. The minimum atomic E-state index is -1.38. The fourth-order valence-electron chi connectivity index (χ4n) is 8.49. The summed E-state index contributed by atoms with van der Waals surface area (Å²) in [7, 11) is 4.01. The molecule has 0 fully saturated rings. The molecule has 0 saturated heterocycles. The Morgan fingerprint density at radius 3 is 1.43 bits per heavy atom. The fraction of sp³-hybridized carbons (Fsp3) is 0.804. The molecule has 81 heavy (non-hydrogen) atoms. The topological polar surface area (TPSA) is 357 Å². The van der Waals surface area contributed by atoms with Crippen molar-refractivity contribution in [2.75, 3.05) is 73.0 Å². The van der Waals surface area contributed by atoms with Crippen LogP contribution in [0.5, 0.6) is 0 Å². The van der Waals surface area contributed by atoms with Gasteiger partial charge in [-0.1, -0.05) is 90.4 Å². The lowest BCUT2D eigenvalue weighted by Gasteiger charge is -2.18. The normalized spacial score (nSPS) is 12.6. The summed E-state index contributed by atoms with van der Waals surface area (Å²) in [6.07, 6.45) is 17.3. The number of nitrogens with zero attached hydrogens (tertiary/aromatic N) is 1. The molecule has 5 amide bonds. The maximum Gasteiger partial charge on any atom is 0.326 e. The molecular formula is C56H98N5O19P. The molecule has 0 aliphatic rings. The van der Waals surface area contributed by atoms with Gasteiger partial charge in [0.05, 0.1) is 39.0 Å². The highest BCUT2D eigenvalue weighted by Crippen LogP contribution is 2.18. The van der Waals surface area contributed by atoms with E-state index in [1.54, 1.807) is 7.05 Å². The molecule has 0 rings (SSSR count). The summed E-state index contributed by atoms with van der Waals surface area (Å²) in [6, 6.07) is -2.52. The number of ether oxygens (including phenoxy) is 4. The molecule has 0 aromatic heterocycles. The number of nitrogens with one attached hydrogen (secondary N) is 4. The van der Waals surface area contributed by atoms with E-state index in [4.69, 9.17) is 24.1 Å². The van der Waals surface area contributed by atoms with Crippen LogP contribution in [0.1, 0.15) is 193 Å².